The maximum Gasteiger partial charge on any atom is 0.331 e. The zero-order valence-electron chi connectivity index (χ0n) is 13.9. The number of rotatable bonds is 4. The molecule has 0 saturated carbocycles. The van der Waals surface area contributed by atoms with Crippen molar-refractivity contribution in [1.82, 2.24) is 9.80 Å². The van der Waals surface area contributed by atoms with Crippen molar-refractivity contribution >= 4 is 17.9 Å². The minimum Gasteiger partial charge on any atom is -0.479 e. The van der Waals surface area contributed by atoms with E-state index in [1.54, 1.807) is 13.8 Å². The number of carbonyl (C=O) groups is 3. The van der Waals surface area contributed by atoms with Gasteiger partial charge in [0.2, 0.25) is 5.91 Å². The maximum atomic E-state index is 12.6. The molecule has 0 spiro atoms. The van der Waals surface area contributed by atoms with Crippen LogP contribution in [0.4, 0.5) is 4.79 Å². The summed E-state index contributed by atoms with van der Waals surface area (Å²) in [6.07, 6.45) is 0.662. The average Bonchev–Trinajstić information content (AvgIpc) is 2.64. The molecule has 1 aliphatic heterocycles. The second kappa shape index (κ2) is 5.68. The van der Waals surface area contributed by atoms with Crippen LogP contribution in [0.2, 0.25) is 0 Å². The molecule has 0 radical (unpaired) electrons. The summed E-state index contributed by atoms with van der Waals surface area (Å²) in [7, 11) is 1.42. The molecule has 1 N–H and O–H groups in total. The molecule has 0 unspecified atom stereocenters. The van der Waals surface area contributed by atoms with Gasteiger partial charge in [-0.2, -0.15) is 0 Å². The molecule has 1 aromatic carbocycles. The number of nitrogens with zero attached hydrogens (tertiary/aromatic N) is 2. The summed E-state index contributed by atoms with van der Waals surface area (Å²) in [6.45, 7) is 4.70. The molecule has 1 saturated heterocycles. The van der Waals surface area contributed by atoms with Crippen LogP contribution in [-0.2, 0) is 16.0 Å². The molecule has 1 atom stereocenters. The third-order valence-corrected chi connectivity index (χ3v) is 5.04. The molecule has 23 heavy (non-hydrogen) atoms. The van der Waals surface area contributed by atoms with E-state index in [1.165, 1.54) is 14.0 Å². The number of amides is 3. The average molecular weight is 318 g/mol. The third kappa shape index (κ3) is 2.48. The van der Waals surface area contributed by atoms with Gasteiger partial charge in [0.25, 0.3) is 0 Å². The quantitative estimate of drug-likeness (QED) is 0.922. The van der Waals surface area contributed by atoms with Gasteiger partial charge in [0, 0.05) is 13.5 Å². The highest BCUT2D eigenvalue weighted by Gasteiger charge is 2.64. The lowest BCUT2D eigenvalue weighted by Crippen LogP contribution is -2.61. The molecule has 0 aliphatic carbocycles. The summed E-state index contributed by atoms with van der Waals surface area (Å²) in [6, 6.07) is 8.93. The summed E-state index contributed by atoms with van der Waals surface area (Å²) in [5, 5.41) is 9.57. The highest BCUT2D eigenvalue weighted by atomic mass is 16.4. The molecule has 1 aliphatic rings. The maximum absolute atomic E-state index is 12.6. The van der Waals surface area contributed by atoms with E-state index >= 15 is 0 Å². The van der Waals surface area contributed by atoms with E-state index in [9.17, 15) is 19.5 Å². The molecule has 6 heteroatoms. The van der Waals surface area contributed by atoms with E-state index < -0.39 is 23.1 Å². The number of likely N-dealkylation sites (N-methyl/N-ethyl adjacent to an activating group) is 1. The lowest BCUT2D eigenvalue weighted by atomic mass is 9.80. The number of hydrogen-bond acceptors (Lipinski definition) is 3. The first-order valence-corrected chi connectivity index (χ1v) is 7.52. The van der Waals surface area contributed by atoms with Gasteiger partial charge < -0.3 is 10.0 Å². The Morgan fingerprint density at radius 2 is 1.70 bits per heavy atom. The normalized spacial score (nSPS) is 23.2. The van der Waals surface area contributed by atoms with E-state index in [4.69, 9.17) is 0 Å². The summed E-state index contributed by atoms with van der Waals surface area (Å²) < 4.78 is 0. The second-order valence-electron chi connectivity index (χ2n) is 6.49. The molecular weight excluding hydrogens is 296 g/mol. The van der Waals surface area contributed by atoms with Crippen molar-refractivity contribution in [2.45, 2.75) is 44.7 Å². The van der Waals surface area contributed by atoms with Crippen molar-refractivity contribution < 1.29 is 19.5 Å². The lowest BCUT2D eigenvalue weighted by Gasteiger charge is -2.39. The summed E-state index contributed by atoms with van der Waals surface area (Å²) in [4.78, 5) is 39.0. The topological polar surface area (TPSA) is 77.9 Å². The summed E-state index contributed by atoms with van der Waals surface area (Å²) >= 11 is 0. The third-order valence-electron chi connectivity index (χ3n) is 5.04. The number of aryl methyl sites for hydroxylation is 1. The molecule has 3 amide bonds. The van der Waals surface area contributed by atoms with Gasteiger partial charge in [-0.1, -0.05) is 30.3 Å². The van der Waals surface area contributed by atoms with Crippen LogP contribution >= 0.6 is 0 Å². The number of carboxylic acid groups (broad SMARTS) is 1. The fourth-order valence-electron chi connectivity index (χ4n) is 3.04. The Bertz CT molecular complexity index is 641. The molecule has 1 aromatic rings. The predicted octanol–water partition coefficient (Wildman–Crippen LogP) is 2.14. The van der Waals surface area contributed by atoms with Gasteiger partial charge >= 0.3 is 12.0 Å². The van der Waals surface area contributed by atoms with E-state index in [2.05, 4.69) is 0 Å². The van der Waals surface area contributed by atoms with Gasteiger partial charge in [-0.25, -0.2) is 9.59 Å². The van der Waals surface area contributed by atoms with Crippen LogP contribution in [0.15, 0.2) is 30.3 Å². The fourth-order valence-corrected chi connectivity index (χ4v) is 3.04. The molecule has 124 valence electrons. The Balaban J connectivity index is 2.23. The van der Waals surface area contributed by atoms with Crippen molar-refractivity contribution in [2.24, 2.45) is 0 Å². The van der Waals surface area contributed by atoms with Crippen LogP contribution in [0.3, 0.4) is 0 Å². The SMILES string of the molecule is CN1C(=O)N(C(=O)CCc2ccccc2)C(C)(C)[C@@]1(C)C(=O)O. The number of hydrogen-bond donors (Lipinski definition) is 1. The van der Waals surface area contributed by atoms with Crippen LogP contribution in [0, 0.1) is 0 Å². The molecule has 1 fully saturated rings. The Labute approximate surface area is 135 Å². The largest absolute Gasteiger partial charge is 0.479 e. The van der Waals surface area contributed by atoms with E-state index in [-0.39, 0.29) is 12.3 Å². The number of urea groups is 1. The van der Waals surface area contributed by atoms with Crippen molar-refractivity contribution in [1.29, 1.82) is 0 Å². The monoisotopic (exact) mass is 318 g/mol. The molecule has 0 bridgehead atoms. The van der Waals surface area contributed by atoms with E-state index in [0.29, 0.717) is 6.42 Å². The predicted molar refractivity (Wildman–Crippen MR) is 84.9 cm³/mol. The zero-order valence-corrected chi connectivity index (χ0v) is 13.9. The van der Waals surface area contributed by atoms with Crippen LogP contribution in [-0.4, -0.2) is 50.9 Å². The van der Waals surface area contributed by atoms with Gasteiger partial charge in [0.15, 0.2) is 5.54 Å². The van der Waals surface area contributed by atoms with E-state index in [1.807, 2.05) is 30.3 Å². The number of imide groups is 1. The Morgan fingerprint density at radius 3 is 2.17 bits per heavy atom. The van der Waals surface area contributed by atoms with E-state index in [0.717, 1.165) is 15.4 Å². The molecular formula is C17H22N2O4. The van der Waals surface area contributed by atoms with Gasteiger partial charge in [-0.05, 0) is 32.8 Å². The Morgan fingerprint density at radius 1 is 1.13 bits per heavy atom. The number of carbonyl (C=O) groups excluding carboxylic acids is 2. The van der Waals surface area contributed by atoms with Crippen molar-refractivity contribution in [3.05, 3.63) is 35.9 Å². The van der Waals surface area contributed by atoms with Gasteiger partial charge in [0.1, 0.15) is 0 Å². The highest BCUT2D eigenvalue weighted by molar-refractivity contribution is 6.02. The van der Waals surface area contributed by atoms with Crippen LogP contribution < -0.4 is 0 Å². The minimum absolute atomic E-state index is 0.155. The zero-order chi connectivity index (χ0) is 17.4. The number of carboxylic acids is 1. The van der Waals surface area contributed by atoms with Crippen molar-refractivity contribution in [3.8, 4) is 0 Å². The van der Waals surface area contributed by atoms with Crippen LogP contribution in [0.5, 0.6) is 0 Å². The summed E-state index contributed by atoms with van der Waals surface area (Å²) in [5.41, 5.74) is -1.61. The Kier molecular flexibility index (Phi) is 4.20. The second-order valence-corrected chi connectivity index (χ2v) is 6.49. The molecule has 1 heterocycles. The molecule has 0 aromatic heterocycles. The van der Waals surface area contributed by atoms with Crippen molar-refractivity contribution in [3.63, 3.8) is 0 Å². The smallest absolute Gasteiger partial charge is 0.331 e. The lowest BCUT2D eigenvalue weighted by molar-refractivity contribution is -0.152. The van der Waals surface area contributed by atoms with Gasteiger partial charge in [0.05, 0.1) is 5.54 Å². The number of aliphatic carboxylic acids is 1. The first-order valence-electron chi connectivity index (χ1n) is 7.52. The van der Waals surface area contributed by atoms with Crippen molar-refractivity contribution in [2.75, 3.05) is 7.05 Å². The minimum atomic E-state index is -1.47. The number of benzene rings is 1. The molecule has 6 nitrogen and oxygen atoms in total. The first-order chi connectivity index (χ1) is 10.6. The van der Waals surface area contributed by atoms with Gasteiger partial charge in [-0.3, -0.25) is 9.69 Å². The first kappa shape index (κ1) is 17.0. The van der Waals surface area contributed by atoms with Gasteiger partial charge in [-0.15, -0.1) is 0 Å². The highest BCUT2D eigenvalue weighted by Crippen LogP contribution is 2.41. The summed E-state index contributed by atoms with van der Waals surface area (Å²) in [5.74, 6) is -1.49. The molecule has 2 rings (SSSR count). The fraction of sp³-hybridized carbons (Fsp3) is 0.471. The van der Waals surface area contributed by atoms with Crippen LogP contribution in [0.25, 0.3) is 0 Å². The Hall–Kier alpha value is -2.37. The standard InChI is InChI=1S/C17H22N2O4/c1-16(2)17(3,14(21)22)18(4)15(23)19(16)13(20)11-10-12-8-6-5-7-9-12/h5-9H,10-11H2,1-4H3,(H,21,22)/t17-/m1/s1. The van der Waals surface area contributed by atoms with Crippen LogP contribution in [0.1, 0.15) is 32.8 Å².